The maximum Gasteiger partial charge on any atom is 0.162 e. The van der Waals surface area contributed by atoms with Gasteiger partial charge in [-0.05, 0) is 13.0 Å². The average molecular weight is 317 g/mol. The van der Waals surface area contributed by atoms with E-state index in [1.165, 1.54) is 11.8 Å². The van der Waals surface area contributed by atoms with Gasteiger partial charge < -0.3 is 0 Å². The van der Waals surface area contributed by atoms with E-state index in [0.29, 0.717) is 11.0 Å². The summed E-state index contributed by atoms with van der Waals surface area (Å²) in [5.41, 5.74) is 1.92. The van der Waals surface area contributed by atoms with Gasteiger partial charge in [-0.25, -0.2) is 9.97 Å². The lowest BCUT2D eigenvalue weighted by atomic mass is 10.2. The van der Waals surface area contributed by atoms with E-state index >= 15 is 0 Å². The molecule has 4 nitrogen and oxygen atoms in total. The van der Waals surface area contributed by atoms with Crippen molar-refractivity contribution < 1.29 is 0 Å². The SMILES string of the molecule is Cc1cc(Sc2cc(Cl)nc(-c3ccccc3)n2)n(C)n1. The number of aryl methyl sites for hydroxylation is 2. The van der Waals surface area contributed by atoms with E-state index in [1.54, 1.807) is 6.07 Å². The Bertz CT molecular complexity index is 771. The molecule has 0 radical (unpaired) electrons. The number of benzene rings is 1. The second kappa shape index (κ2) is 5.87. The molecule has 3 aromatic rings. The first-order valence-electron chi connectivity index (χ1n) is 6.40. The van der Waals surface area contributed by atoms with Crippen LogP contribution in [0.25, 0.3) is 11.4 Å². The number of aromatic nitrogens is 4. The lowest BCUT2D eigenvalue weighted by molar-refractivity contribution is 0.692. The number of nitrogens with zero attached hydrogens (tertiary/aromatic N) is 4. The highest BCUT2D eigenvalue weighted by molar-refractivity contribution is 7.99. The molecule has 0 spiro atoms. The Morgan fingerprint density at radius 2 is 1.86 bits per heavy atom. The van der Waals surface area contributed by atoms with Crippen LogP contribution in [0.2, 0.25) is 5.15 Å². The van der Waals surface area contributed by atoms with Crippen molar-refractivity contribution >= 4 is 23.4 Å². The molecule has 0 fully saturated rings. The molecule has 1 aromatic carbocycles. The highest BCUT2D eigenvalue weighted by atomic mass is 35.5. The van der Waals surface area contributed by atoms with Gasteiger partial charge in [0.1, 0.15) is 15.2 Å². The molecule has 0 saturated carbocycles. The second-order valence-electron chi connectivity index (χ2n) is 4.57. The number of hydrogen-bond acceptors (Lipinski definition) is 4. The molecule has 2 aromatic heterocycles. The van der Waals surface area contributed by atoms with Crippen molar-refractivity contribution in [3.63, 3.8) is 0 Å². The summed E-state index contributed by atoms with van der Waals surface area (Å²) in [6, 6.07) is 13.6. The molecule has 3 rings (SSSR count). The molecule has 21 heavy (non-hydrogen) atoms. The molecule has 0 aliphatic heterocycles. The third-order valence-corrected chi connectivity index (χ3v) is 4.07. The number of rotatable bonds is 3. The molecular formula is C15H13ClN4S. The van der Waals surface area contributed by atoms with Crippen LogP contribution in [-0.4, -0.2) is 19.7 Å². The fraction of sp³-hybridized carbons (Fsp3) is 0.133. The zero-order chi connectivity index (χ0) is 14.8. The van der Waals surface area contributed by atoms with Crippen molar-refractivity contribution in [1.29, 1.82) is 0 Å². The normalized spacial score (nSPS) is 10.8. The van der Waals surface area contributed by atoms with Crippen LogP contribution >= 0.6 is 23.4 Å². The molecule has 2 heterocycles. The molecule has 0 aliphatic carbocycles. The first kappa shape index (κ1) is 14.1. The van der Waals surface area contributed by atoms with Crippen molar-refractivity contribution in [2.75, 3.05) is 0 Å². The Balaban J connectivity index is 1.97. The van der Waals surface area contributed by atoms with Gasteiger partial charge in [0, 0.05) is 18.7 Å². The van der Waals surface area contributed by atoms with Crippen LogP contribution in [0.5, 0.6) is 0 Å². The van der Waals surface area contributed by atoms with Crippen LogP contribution < -0.4 is 0 Å². The molecule has 0 saturated heterocycles. The first-order chi connectivity index (χ1) is 10.1. The topological polar surface area (TPSA) is 43.6 Å². The van der Waals surface area contributed by atoms with Gasteiger partial charge >= 0.3 is 0 Å². The van der Waals surface area contributed by atoms with Crippen LogP contribution in [0.3, 0.4) is 0 Å². The Labute approximate surface area is 132 Å². The van der Waals surface area contributed by atoms with Crippen LogP contribution in [0.4, 0.5) is 0 Å². The molecule has 0 amide bonds. The molecular weight excluding hydrogens is 304 g/mol. The Hall–Kier alpha value is -1.85. The van der Waals surface area contributed by atoms with E-state index in [-0.39, 0.29) is 0 Å². The maximum atomic E-state index is 6.12. The summed E-state index contributed by atoms with van der Waals surface area (Å²) in [6.07, 6.45) is 0. The van der Waals surface area contributed by atoms with Gasteiger partial charge in [0.05, 0.1) is 5.69 Å². The van der Waals surface area contributed by atoms with Gasteiger partial charge in [-0.1, -0.05) is 53.7 Å². The van der Waals surface area contributed by atoms with Crippen molar-refractivity contribution in [2.45, 2.75) is 17.0 Å². The van der Waals surface area contributed by atoms with Gasteiger partial charge in [0.15, 0.2) is 5.82 Å². The van der Waals surface area contributed by atoms with E-state index in [0.717, 1.165) is 21.3 Å². The molecule has 0 unspecified atom stereocenters. The molecule has 0 bridgehead atoms. The van der Waals surface area contributed by atoms with Crippen molar-refractivity contribution in [1.82, 2.24) is 19.7 Å². The molecule has 0 N–H and O–H groups in total. The summed E-state index contributed by atoms with van der Waals surface area (Å²) in [7, 11) is 1.91. The monoisotopic (exact) mass is 316 g/mol. The highest BCUT2D eigenvalue weighted by Gasteiger charge is 2.10. The van der Waals surface area contributed by atoms with Gasteiger partial charge in [-0.15, -0.1) is 0 Å². The zero-order valence-corrected chi connectivity index (χ0v) is 13.2. The predicted molar refractivity (Wildman–Crippen MR) is 84.5 cm³/mol. The minimum absolute atomic E-state index is 0.435. The van der Waals surface area contributed by atoms with E-state index < -0.39 is 0 Å². The molecule has 0 aliphatic rings. The molecule has 0 atom stereocenters. The highest BCUT2D eigenvalue weighted by Crippen LogP contribution is 2.29. The van der Waals surface area contributed by atoms with E-state index in [1.807, 2.05) is 55.1 Å². The average Bonchev–Trinajstić information content (AvgIpc) is 2.77. The second-order valence-corrected chi connectivity index (χ2v) is 6.00. The lowest BCUT2D eigenvalue weighted by Gasteiger charge is -2.05. The smallest absolute Gasteiger partial charge is 0.162 e. The fourth-order valence-electron chi connectivity index (χ4n) is 1.96. The van der Waals surface area contributed by atoms with E-state index in [9.17, 15) is 0 Å². The van der Waals surface area contributed by atoms with Crippen molar-refractivity contribution in [3.8, 4) is 11.4 Å². The summed E-state index contributed by atoms with van der Waals surface area (Å²) < 4.78 is 1.83. The molecule has 6 heteroatoms. The summed E-state index contributed by atoms with van der Waals surface area (Å²) in [5.74, 6) is 0.629. The third kappa shape index (κ3) is 3.25. The Morgan fingerprint density at radius 1 is 1.10 bits per heavy atom. The standard InChI is InChI=1S/C15H13ClN4S/c1-10-8-14(20(2)19-10)21-13-9-12(16)17-15(18-13)11-6-4-3-5-7-11/h3-9H,1-2H3. The molecule has 106 valence electrons. The van der Waals surface area contributed by atoms with E-state index in [4.69, 9.17) is 11.6 Å². The number of halogens is 1. The largest absolute Gasteiger partial charge is 0.261 e. The fourth-order valence-corrected chi connectivity index (χ4v) is 3.12. The zero-order valence-electron chi connectivity index (χ0n) is 11.6. The minimum atomic E-state index is 0.435. The van der Waals surface area contributed by atoms with Crippen molar-refractivity contribution in [2.24, 2.45) is 7.05 Å². The van der Waals surface area contributed by atoms with Gasteiger partial charge in [0.25, 0.3) is 0 Å². The van der Waals surface area contributed by atoms with Gasteiger partial charge in [-0.3, -0.25) is 4.68 Å². The van der Waals surface area contributed by atoms with Crippen LogP contribution in [0.1, 0.15) is 5.69 Å². The Kier molecular flexibility index (Phi) is 3.94. The first-order valence-corrected chi connectivity index (χ1v) is 7.60. The summed E-state index contributed by atoms with van der Waals surface area (Å²) >= 11 is 7.65. The minimum Gasteiger partial charge on any atom is -0.261 e. The quantitative estimate of drug-likeness (QED) is 0.685. The third-order valence-electron chi connectivity index (χ3n) is 2.87. The number of hydrogen-bond donors (Lipinski definition) is 0. The van der Waals surface area contributed by atoms with Crippen LogP contribution in [0.15, 0.2) is 52.5 Å². The van der Waals surface area contributed by atoms with Crippen molar-refractivity contribution in [3.05, 3.63) is 53.3 Å². The van der Waals surface area contributed by atoms with Gasteiger partial charge in [-0.2, -0.15) is 5.10 Å². The Morgan fingerprint density at radius 3 is 2.52 bits per heavy atom. The summed E-state index contributed by atoms with van der Waals surface area (Å²) in [6.45, 7) is 1.96. The summed E-state index contributed by atoms with van der Waals surface area (Å²) in [5, 5.41) is 6.58. The summed E-state index contributed by atoms with van der Waals surface area (Å²) in [4.78, 5) is 8.87. The lowest BCUT2D eigenvalue weighted by Crippen LogP contribution is -1.95. The van der Waals surface area contributed by atoms with Gasteiger partial charge in [0.2, 0.25) is 0 Å². The van der Waals surface area contributed by atoms with E-state index in [2.05, 4.69) is 15.1 Å². The van der Waals surface area contributed by atoms with Crippen LogP contribution in [-0.2, 0) is 7.05 Å². The predicted octanol–water partition coefficient (Wildman–Crippen LogP) is 3.99. The maximum absolute atomic E-state index is 6.12. The van der Waals surface area contributed by atoms with Crippen LogP contribution in [0, 0.1) is 6.92 Å².